The molecule has 0 aromatic heterocycles. The molecule has 1 fully saturated rings. The first-order valence-electron chi connectivity index (χ1n) is 6.33. The number of sulfonamides is 1. The van der Waals surface area contributed by atoms with Gasteiger partial charge >= 0.3 is 5.97 Å². The highest BCUT2D eigenvalue weighted by molar-refractivity contribution is 9.08. The molecule has 5 nitrogen and oxygen atoms in total. The normalized spacial score (nSPS) is 20.8. The summed E-state index contributed by atoms with van der Waals surface area (Å²) in [5.74, 6) is -1.54. The number of carboxylic acids is 1. The first kappa shape index (κ1) is 15.5. The molecule has 1 N–H and O–H groups in total. The highest BCUT2D eigenvalue weighted by Crippen LogP contribution is 2.24. The fourth-order valence-electron chi connectivity index (χ4n) is 2.26. The summed E-state index contributed by atoms with van der Waals surface area (Å²) in [6.07, 6.45) is 1.11. The van der Waals surface area contributed by atoms with Crippen molar-refractivity contribution in [3.05, 3.63) is 29.8 Å². The summed E-state index contributed by atoms with van der Waals surface area (Å²) < 4.78 is 26.2. The van der Waals surface area contributed by atoms with Crippen molar-refractivity contribution >= 4 is 31.9 Å². The fraction of sp³-hybridized carbons (Fsp3) is 0.462. The lowest BCUT2D eigenvalue weighted by Crippen LogP contribution is -2.42. The second-order valence-electron chi connectivity index (χ2n) is 4.82. The Morgan fingerprint density at radius 2 is 2.00 bits per heavy atom. The third kappa shape index (κ3) is 3.21. The van der Waals surface area contributed by atoms with E-state index in [1.807, 2.05) is 0 Å². The van der Waals surface area contributed by atoms with Crippen LogP contribution >= 0.6 is 15.9 Å². The SMILES string of the molecule is O=C(O)[C@@H]1CCCN(S(=O)(=O)c2ccc(CBr)cc2)C1. The molecule has 20 heavy (non-hydrogen) atoms. The van der Waals surface area contributed by atoms with Crippen molar-refractivity contribution < 1.29 is 18.3 Å². The molecule has 1 aromatic rings. The Bertz CT molecular complexity index is 585. The van der Waals surface area contributed by atoms with Gasteiger partial charge in [-0.2, -0.15) is 4.31 Å². The maximum atomic E-state index is 12.5. The van der Waals surface area contributed by atoms with Gasteiger partial charge < -0.3 is 5.11 Å². The van der Waals surface area contributed by atoms with Crippen LogP contribution in [-0.2, 0) is 20.1 Å². The number of carbonyl (C=O) groups is 1. The third-order valence-corrected chi connectivity index (χ3v) is 5.98. The predicted molar refractivity (Wildman–Crippen MR) is 78.2 cm³/mol. The van der Waals surface area contributed by atoms with Gasteiger partial charge in [0.25, 0.3) is 0 Å². The Balaban J connectivity index is 2.22. The molecule has 0 unspecified atom stereocenters. The monoisotopic (exact) mass is 361 g/mol. The molecule has 0 aliphatic carbocycles. The highest BCUT2D eigenvalue weighted by Gasteiger charge is 2.33. The van der Waals surface area contributed by atoms with Crippen molar-refractivity contribution in [2.45, 2.75) is 23.1 Å². The molecule has 0 spiro atoms. The molecule has 1 aromatic carbocycles. The van der Waals surface area contributed by atoms with Gasteiger partial charge in [0, 0.05) is 18.4 Å². The maximum absolute atomic E-state index is 12.5. The predicted octanol–water partition coefficient (Wildman–Crippen LogP) is 2.07. The molecule has 1 aliphatic heterocycles. The van der Waals surface area contributed by atoms with Crippen LogP contribution in [0.4, 0.5) is 0 Å². The molecule has 1 saturated heterocycles. The van der Waals surface area contributed by atoms with Crippen molar-refractivity contribution in [3.63, 3.8) is 0 Å². The van der Waals surface area contributed by atoms with Crippen LogP contribution in [0.3, 0.4) is 0 Å². The molecular weight excluding hydrogens is 346 g/mol. The third-order valence-electron chi connectivity index (χ3n) is 3.45. The Hall–Kier alpha value is -0.920. The van der Waals surface area contributed by atoms with Gasteiger partial charge in [-0.15, -0.1) is 0 Å². The molecule has 1 atom stereocenters. The van der Waals surface area contributed by atoms with E-state index in [4.69, 9.17) is 5.11 Å². The summed E-state index contributed by atoms with van der Waals surface area (Å²) in [5.41, 5.74) is 0.992. The second-order valence-corrected chi connectivity index (χ2v) is 7.32. The van der Waals surface area contributed by atoms with E-state index < -0.39 is 21.9 Å². The summed E-state index contributed by atoms with van der Waals surface area (Å²) in [6.45, 7) is 0.435. The minimum atomic E-state index is -3.60. The average molecular weight is 362 g/mol. The number of halogens is 1. The molecule has 0 radical (unpaired) electrons. The van der Waals surface area contributed by atoms with Gasteiger partial charge in [-0.05, 0) is 30.5 Å². The topological polar surface area (TPSA) is 74.7 Å². The Kier molecular flexibility index (Phi) is 4.82. The van der Waals surface area contributed by atoms with Gasteiger partial charge in [0.2, 0.25) is 10.0 Å². The summed E-state index contributed by atoms with van der Waals surface area (Å²) in [4.78, 5) is 11.2. The lowest BCUT2D eigenvalue weighted by molar-refractivity contribution is -0.142. The fourth-order valence-corrected chi connectivity index (χ4v) is 4.16. The van der Waals surface area contributed by atoms with Crippen molar-refractivity contribution in [1.82, 2.24) is 4.31 Å². The maximum Gasteiger partial charge on any atom is 0.307 e. The smallest absolute Gasteiger partial charge is 0.307 e. The Morgan fingerprint density at radius 1 is 1.35 bits per heavy atom. The summed E-state index contributed by atoms with van der Waals surface area (Å²) in [5, 5.41) is 9.70. The van der Waals surface area contributed by atoms with E-state index in [-0.39, 0.29) is 11.4 Å². The first-order valence-corrected chi connectivity index (χ1v) is 8.89. The number of hydrogen-bond acceptors (Lipinski definition) is 3. The summed E-state index contributed by atoms with van der Waals surface area (Å²) in [7, 11) is -3.60. The van der Waals surface area contributed by atoms with Crippen LogP contribution in [0.1, 0.15) is 18.4 Å². The van der Waals surface area contributed by atoms with Crippen LogP contribution in [0, 0.1) is 5.92 Å². The number of benzene rings is 1. The van der Waals surface area contributed by atoms with Crippen molar-refractivity contribution in [2.24, 2.45) is 5.92 Å². The molecule has 7 heteroatoms. The molecule has 110 valence electrons. The van der Waals surface area contributed by atoms with Crippen LogP contribution in [0.25, 0.3) is 0 Å². The summed E-state index contributed by atoms with van der Waals surface area (Å²) in [6, 6.07) is 6.63. The second kappa shape index (κ2) is 6.24. The molecule has 1 aliphatic rings. The number of hydrogen-bond donors (Lipinski definition) is 1. The Labute approximate surface area is 126 Å². The number of carboxylic acid groups (broad SMARTS) is 1. The highest BCUT2D eigenvalue weighted by atomic mass is 79.9. The number of rotatable bonds is 4. The lowest BCUT2D eigenvalue weighted by Gasteiger charge is -2.29. The Morgan fingerprint density at radius 3 is 2.55 bits per heavy atom. The van der Waals surface area contributed by atoms with Crippen LogP contribution in [-0.4, -0.2) is 36.9 Å². The molecule has 0 amide bonds. The first-order chi connectivity index (χ1) is 9.45. The number of piperidine rings is 1. The number of aliphatic carboxylic acids is 1. The molecule has 0 bridgehead atoms. The van der Waals surface area contributed by atoms with Gasteiger partial charge in [-0.1, -0.05) is 28.1 Å². The van der Waals surface area contributed by atoms with E-state index >= 15 is 0 Å². The van der Waals surface area contributed by atoms with Crippen LogP contribution in [0.5, 0.6) is 0 Å². The zero-order valence-corrected chi connectivity index (χ0v) is 13.2. The standard InChI is InChI=1S/C13H16BrNO4S/c14-8-10-3-5-12(6-4-10)20(18,19)15-7-1-2-11(9-15)13(16)17/h3-6,11H,1-2,7-9H2,(H,16,17)/t11-/m1/s1. The minimum Gasteiger partial charge on any atom is -0.481 e. The van der Waals surface area contributed by atoms with E-state index in [1.54, 1.807) is 24.3 Å². The quantitative estimate of drug-likeness (QED) is 0.833. The number of alkyl halides is 1. The van der Waals surface area contributed by atoms with Crippen molar-refractivity contribution in [3.8, 4) is 0 Å². The molecule has 0 saturated carbocycles. The molecule has 2 rings (SSSR count). The minimum absolute atomic E-state index is 0.0534. The van der Waals surface area contributed by atoms with Gasteiger partial charge in [0.05, 0.1) is 10.8 Å². The largest absolute Gasteiger partial charge is 0.481 e. The summed E-state index contributed by atoms with van der Waals surface area (Å²) >= 11 is 3.31. The van der Waals surface area contributed by atoms with E-state index in [0.29, 0.717) is 24.7 Å². The zero-order chi connectivity index (χ0) is 14.8. The van der Waals surface area contributed by atoms with E-state index in [1.165, 1.54) is 4.31 Å². The van der Waals surface area contributed by atoms with E-state index in [0.717, 1.165) is 5.56 Å². The molecule has 1 heterocycles. The lowest BCUT2D eigenvalue weighted by atomic mass is 10.0. The van der Waals surface area contributed by atoms with Crippen molar-refractivity contribution in [2.75, 3.05) is 13.1 Å². The van der Waals surface area contributed by atoms with Gasteiger partial charge in [-0.3, -0.25) is 4.79 Å². The van der Waals surface area contributed by atoms with E-state index in [9.17, 15) is 13.2 Å². The van der Waals surface area contributed by atoms with Gasteiger partial charge in [-0.25, -0.2) is 8.42 Å². The van der Waals surface area contributed by atoms with Gasteiger partial charge in [0.15, 0.2) is 0 Å². The zero-order valence-electron chi connectivity index (χ0n) is 10.8. The van der Waals surface area contributed by atoms with E-state index in [2.05, 4.69) is 15.9 Å². The average Bonchev–Trinajstić information content (AvgIpc) is 2.47. The number of nitrogens with zero attached hydrogens (tertiary/aromatic N) is 1. The van der Waals surface area contributed by atoms with Crippen LogP contribution < -0.4 is 0 Å². The van der Waals surface area contributed by atoms with Crippen LogP contribution in [0.15, 0.2) is 29.2 Å². The molecular formula is C13H16BrNO4S. The van der Waals surface area contributed by atoms with Crippen LogP contribution in [0.2, 0.25) is 0 Å². The van der Waals surface area contributed by atoms with Crippen molar-refractivity contribution in [1.29, 1.82) is 0 Å². The van der Waals surface area contributed by atoms with Gasteiger partial charge in [0.1, 0.15) is 0 Å².